The molecule has 0 fully saturated rings. The summed E-state index contributed by atoms with van der Waals surface area (Å²) >= 11 is 0. The molecule has 0 aliphatic carbocycles. The molecule has 102 valence electrons. The summed E-state index contributed by atoms with van der Waals surface area (Å²) in [7, 11) is 0. The third kappa shape index (κ3) is 3.84. The van der Waals surface area contributed by atoms with E-state index in [-0.39, 0.29) is 12.5 Å². The van der Waals surface area contributed by atoms with Crippen LogP contribution in [0.1, 0.15) is 44.5 Å². The zero-order valence-electron chi connectivity index (χ0n) is 11.7. The van der Waals surface area contributed by atoms with Crippen molar-refractivity contribution in [3.05, 3.63) is 11.4 Å². The smallest absolute Gasteiger partial charge is 0.135 e. The Morgan fingerprint density at radius 2 is 1.67 bits per heavy atom. The molecule has 0 bridgehead atoms. The van der Waals surface area contributed by atoms with Gasteiger partial charge in [-0.2, -0.15) is 0 Å². The lowest BCUT2D eigenvalue weighted by Crippen LogP contribution is -2.14. The molecule has 0 aliphatic heterocycles. The maximum absolute atomic E-state index is 8.89. The van der Waals surface area contributed by atoms with Gasteiger partial charge < -0.3 is 15.7 Å². The van der Waals surface area contributed by atoms with Gasteiger partial charge in [-0.25, -0.2) is 9.97 Å². The zero-order chi connectivity index (χ0) is 13.5. The molecule has 0 atom stereocenters. The van der Waals surface area contributed by atoms with E-state index < -0.39 is 0 Å². The summed E-state index contributed by atoms with van der Waals surface area (Å²) in [6, 6.07) is 0. The number of aromatic nitrogens is 2. The highest BCUT2D eigenvalue weighted by atomic mass is 16.3. The summed E-state index contributed by atoms with van der Waals surface area (Å²) < 4.78 is 0. The van der Waals surface area contributed by atoms with Crippen molar-refractivity contribution in [3.63, 3.8) is 0 Å². The van der Waals surface area contributed by atoms with Gasteiger partial charge in [0.15, 0.2) is 0 Å². The quantitative estimate of drug-likeness (QED) is 0.693. The minimum atomic E-state index is 0.0954. The number of aliphatic hydroxyl groups excluding tert-OH is 1. The average Bonchev–Trinajstić information content (AvgIpc) is 2.35. The number of aliphatic hydroxyl groups is 1. The van der Waals surface area contributed by atoms with Crippen LogP contribution in [0.3, 0.4) is 0 Å². The Kier molecular flexibility index (Phi) is 5.85. The van der Waals surface area contributed by atoms with Crippen molar-refractivity contribution >= 4 is 11.6 Å². The van der Waals surface area contributed by atoms with Gasteiger partial charge in [0.2, 0.25) is 0 Å². The number of nitrogens with zero attached hydrogens (tertiary/aromatic N) is 2. The summed E-state index contributed by atoms with van der Waals surface area (Å²) in [4.78, 5) is 9.06. The molecule has 0 aliphatic rings. The van der Waals surface area contributed by atoms with E-state index in [2.05, 4.69) is 41.4 Å². The Labute approximate surface area is 109 Å². The van der Waals surface area contributed by atoms with Crippen LogP contribution in [0.15, 0.2) is 0 Å². The number of rotatable bonds is 7. The first-order valence-corrected chi connectivity index (χ1v) is 6.57. The van der Waals surface area contributed by atoms with Gasteiger partial charge in [0.1, 0.15) is 17.5 Å². The first-order chi connectivity index (χ1) is 8.60. The van der Waals surface area contributed by atoms with Gasteiger partial charge in [-0.05, 0) is 13.3 Å². The number of nitrogens with one attached hydrogen (secondary N) is 2. The third-order valence-corrected chi connectivity index (χ3v) is 2.63. The summed E-state index contributed by atoms with van der Waals surface area (Å²) in [5.41, 5.74) is 1.00. The fraction of sp³-hybridized carbons (Fsp3) is 0.692. The highest BCUT2D eigenvalue weighted by Crippen LogP contribution is 2.22. The Morgan fingerprint density at radius 1 is 1.11 bits per heavy atom. The average molecular weight is 252 g/mol. The van der Waals surface area contributed by atoms with Gasteiger partial charge in [-0.15, -0.1) is 0 Å². The maximum Gasteiger partial charge on any atom is 0.135 e. The molecule has 3 N–H and O–H groups in total. The van der Waals surface area contributed by atoms with Crippen molar-refractivity contribution in [1.29, 1.82) is 0 Å². The molecule has 5 heteroatoms. The van der Waals surface area contributed by atoms with E-state index in [0.717, 1.165) is 36.0 Å². The van der Waals surface area contributed by atoms with Crippen molar-refractivity contribution in [2.45, 2.75) is 40.0 Å². The van der Waals surface area contributed by atoms with Crippen LogP contribution >= 0.6 is 0 Å². The Morgan fingerprint density at radius 3 is 2.11 bits per heavy atom. The van der Waals surface area contributed by atoms with E-state index in [9.17, 15) is 0 Å². The van der Waals surface area contributed by atoms with Gasteiger partial charge in [0.25, 0.3) is 0 Å². The first-order valence-electron chi connectivity index (χ1n) is 6.57. The van der Waals surface area contributed by atoms with E-state index in [0.29, 0.717) is 6.54 Å². The molecule has 0 aromatic carbocycles. The van der Waals surface area contributed by atoms with Gasteiger partial charge in [0, 0.05) is 24.6 Å². The third-order valence-electron chi connectivity index (χ3n) is 2.63. The van der Waals surface area contributed by atoms with Crippen LogP contribution < -0.4 is 10.6 Å². The zero-order valence-corrected chi connectivity index (χ0v) is 11.7. The summed E-state index contributed by atoms with van der Waals surface area (Å²) in [5, 5.41) is 15.3. The molecule has 1 heterocycles. The minimum Gasteiger partial charge on any atom is -0.395 e. The van der Waals surface area contributed by atoms with Crippen LogP contribution in [0.25, 0.3) is 0 Å². The Hall–Kier alpha value is -1.36. The van der Waals surface area contributed by atoms with Gasteiger partial charge in [-0.1, -0.05) is 20.8 Å². The molecule has 1 rings (SSSR count). The monoisotopic (exact) mass is 252 g/mol. The Bertz CT molecular complexity index is 350. The highest BCUT2D eigenvalue weighted by molar-refractivity contribution is 5.57. The SMILES string of the molecule is CCCNc1nc(C(C)C)nc(NCCO)c1C. The van der Waals surface area contributed by atoms with E-state index in [1.165, 1.54) is 0 Å². The summed E-state index contributed by atoms with van der Waals surface area (Å²) in [6.45, 7) is 9.75. The summed E-state index contributed by atoms with van der Waals surface area (Å²) in [6.07, 6.45) is 1.06. The first kappa shape index (κ1) is 14.7. The molecule has 0 amide bonds. The Balaban J connectivity index is 3.03. The molecular formula is C13H24N4O. The fourth-order valence-corrected chi connectivity index (χ4v) is 1.55. The second kappa shape index (κ2) is 7.16. The predicted molar refractivity (Wildman–Crippen MR) is 75.2 cm³/mol. The molecule has 1 aromatic rings. The van der Waals surface area contributed by atoms with Gasteiger partial charge in [-0.3, -0.25) is 0 Å². The number of anilines is 2. The van der Waals surface area contributed by atoms with Crippen molar-refractivity contribution in [1.82, 2.24) is 9.97 Å². The van der Waals surface area contributed by atoms with Crippen LogP contribution in [-0.4, -0.2) is 34.8 Å². The molecular weight excluding hydrogens is 228 g/mol. The van der Waals surface area contributed by atoms with Gasteiger partial charge >= 0.3 is 0 Å². The maximum atomic E-state index is 8.89. The van der Waals surface area contributed by atoms with Gasteiger partial charge in [0.05, 0.1) is 6.61 Å². The van der Waals surface area contributed by atoms with E-state index in [1.807, 2.05) is 6.92 Å². The van der Waals surface area contributed by atoms with Crippen LogP contribution in [0.5, 0.6) is 0 Å². The lowest BCUT2D eigenvalue weighted by Gasteiger charge is -2.15. The number of hydrogen-bond donors (Lipinski definition) is 3. The molecule has 5 nitrogen and oxygen atoms in total. The van der Waals surface area contributed by atoms with Crippen molar-refractivity contribution in [3.8, 4) is 0 Å². The molecule has 0 radical (unpaired) electrons. The van der Waals surface area contributed by atoms with E-state index in [4.69, 9.17) is 5.11 Å². The van der Waals surface area contributed by atoms with Crippen LogP contribution in [-0.2, 0) is 0 Å². The lowest BCUT2D eigenvalue weighted by atomic mass is 10.2. The van der Waals surface area contributed by atoms with Crippen LogP contribution in [0.4, 0.5) is 11.6 Å². The van der Waals surface area contributed by atoms with Crippen LogP contribution in [0, 0.1) is 6.92 Å². The topological polar surface area (TPSA) is 70.1 Å². The molecule has 0 unspecified atom stereocenters. The van der Waals surface area contributed by atoms with Crippen molar-refractivity contribution < 1.29 is 5.11 Å². The molecule has 0 saturated carbocycles. The largest absolute Gasteiger partial charge is 0.395 e. The van der Waals surface area contributed by atoms with Crippen molar-refractivity contribution in [2.24, 2.45) is 0 Å². The molecule has 0 spiro atoms. The van der Waals surface area contributed by atoms with E-state index >= 15 is 0 Å². The second-order valence-corrected chi connectivity index (χ2v) is 4.64. The predicted octanol–water partition coefficient (Wildman–Crippen LogP) is 2.13. The second-order valence-electron chi connectivity index (χ2n) is 4.64. The summed E-state index contributed by atoms with van der Waals surface area (Å²) in [5.74, 6) is 2.79. The fourth-order valence-electron chi connectivity index (χ4n) is 1.55. The molecule has 1 aromatic heterocycles. The normalized spacial score (nSPS) is 10.8. The molecule has 0 saturated heterocycles. The number of hydrogen-bond acceptors (Lipinski definition) is 5. The van der Waals surface area contributed by atoms with E-state index in [1.54, 1.807) is 0 Å². The minimum absolute atomic E-state index is 0.0954. The molecule has 18 heavy (non-hydrogen) atoms. The lowest BCUT2D eigenvalue weighted by molar-refractivity contribution is 0.311. The van der Waals surface area contributed by atoms with Crippen molar-refractivity contribution in [2.75, 3.05) is 30.3 Å². The van der Waals surface area contributed by atoms with Crippen LogP contribution in [0.2, 0.25) is 0 Å². The standard InChI is InChI=1S/C13H24N4O/c1-5-6-14-12-10(4)13(15-7-8-18)17-11(16-12)9(2)3/h9,18H,5-8H2,1-4H3,(H2,14,15,16,17). The highest BCUT2D eigenvalue weighted by Gasteiger charge is 2.12.